The molecule has 35 heavy (non-hydrogen) atoms. The molecule has 1 saturated heterocycles. The first-order valence-electron chi connectivity index (χ1n) is 11.9. The molecule has 3 aromatic carbocycles. The molecule has 1 N–H and O–H groups in total. The fraction of sp³-hybridized carbons (Fsp3) is 0.357. The molecule has 0 unspecified atom stereocenters. The molecular formula is C28H32ClO5P. The van der Waals surface area contributed by atoms with Crippen LogP contribution in [0.15, 0.2) is 54.6 Å². The molecule has 1 heterocycles. The van der Waals surface area contributed by atoms with Gasteiger partial charge in [-0.05, 0) is 89.9 Å². The van der Waals surface area contributed by atoms with Gasteiger partial charge in [-0.3, -0.25) is 9.09 Å². The summed E-state index contributed by atoms with van der Waals surface area (Å²) in [6.45, 7) is 8.58. The van der Waals surface area contributed by atoms with Crippen LogP contribution in [-0.2, 0) is 20.0 Å². The van der Waals surface area contributed by atoms with Crippen LogP contribution in [0.1, 0.15) is 65.7 Å². The standard InChI is InChI=1S/C28H32ClO5P/c1-18(2)25-15-21(5-10-27(25)30)16-26-19(3)13-24(14-20(26)4)32-17-35(31)33-12-11-28(34-35)22-6-8-23(29)9-7-22/h5-10,13-15,18,28,30H,11-12,16-17H2,1-4H3/t28-,35+/m0/s1. The smallest absolute Gasteiger partial charge is 0.368 e. The van der Waals surface area contributed by atoms with Crippen LogP contribution < -0.4 is 4.74 Å². The minimum atomic E-state index is -3.41. The minimum absolute atomic E-state index is 0.148. The Morgan fingerprint density at radius 1 is 1.09 bits per heavy atom. The second-order valence-corrected chi connectivity index (χ2v) is 11.8. The average molecular weight is 515 g/mol. The van der Waals surface area contributed by atoms with Gasteiger partial charge in [-0.2, -0.15) is 0 Å². The van der Waals surface area contributed by atoms with Crippen molar-refractivity contribution in [1.82, 2.24) is 0 Å². The zero-order chi connectivity index (χ0) is 25.2. The van der Waals surface area contributed by atoms with Gasteiger partial charge < -0.3 is 14.4 Å². The van der Waals surface area contributed by atoms with Gasteiger partial charge in [0.1, 0.15) is 11.5 Å². The Labute approximate surface area is 212 Å². The summed E-state index contributed by atoms with van der Waals surface area (Å²) >= 11 is 5.98. The molecule has 0 saturated carbocycles. The summed E-state index contributed by atoms with van der Waals surface area (Å²) < 4.78 is 30.5. The van der Waals surface area contributed by atoms with Crippen LogP contribution in [0.5, 0.6) is 11.5 Å². The SMILES string of the molecule is Cc1cc(OC[P@@]2(=O)OCC[C@@H](c3ccc(Cl)cc3)O2)cc(C)c1Cc1ccc(O)c(C(C)C)c1. The summed E-state index contributed by atoms with van der Waals surface area (Å²) in [7, 11) is -3.41. The number of phenols is 1. The first-order chi connectivity index (χ1) is 16.6. The van der Waals surface area contributed by atoms with Gasteiger partial charge in [0.2, 0.25) is 0 Å². The van der Waals surface area contributed by atoms with E-state index in [4.69, 9.17) is 25.4 Å². The highest BCUT2D eigenvalue weighted by Gasteiger charge is 2.35. The number of benzene rings is 3. The predicted molar refractivity (Wildman–Crippen MR) is 140 cm³/mol. The van der Waals surface area contributed by atoms with Gasteiger partial charge in [0.05, 0.1) is 12.7 Å². The molecule has 0 aliphatic carbocycles. The van der Waals surface area contributed by atoms with Gasteiger partial charge >= 0.3 is 7.60 Å². The Morgan fingerprint density at radius 2 is 1.77 bits per heavy atom. The van der Waals surface area contributed by atoms with E-state index in [-0.39, 0.29) is 18.4 Å². The summed E-state index contributed by atoms with van der Waals surface area (Å²) in [4.78, 5) is 0. The highest BCUT2D eigenvalue weighted by molar-refractivity contribution is 7.53. The van der Waals surface area contributed by atoms with E-state index in [1.165, 1.54) is 5.56 Å². The van der Waals surface area contributed by atoms with Crippen molar-refractivity contribution in [2.75, 3.05) is 13.0 Å². The van der Waals surface area contributed by atoms with Crippen molar-refractivity contribution < 1.29 is 23.5 Å². The maximum absolute atomic E-state index is 13.2. The molecule has 186 valence electrons. The number of phenolic OH excluding ortho intramolecular Hbond substituents is 1. The summed E-state index contributed by atoms with van der Waals surface area (Å²) in [6.07, 6.45) is 0.910. The van der Waals surface area contributed by atoms with E-state index < -0.39 is 7.60 Å². The molecule has 1 fully saturated rings. The van der Waals surface area contributed by atoms with E-state index in [1.54, 1.807) is 18.2 Å². The van der Waals surface area contributed by atoms with E-state index in [9.17, 15) is 9.67 Å². The number of rotatable bonds is 7. The van der Waals surface area contributed by atoms with Crippen molar-refractivity contribution in [3.63, 3.8) is 0 Å². The normalized spacial score (nSPS) is 20.2. The number of halogens is 1. The maximum Gasteiger partial charge on any atom is 0.368 e. The molecule has 1 aliphatic heterocycles. The third-order valence-electron chi connectivity index (χ3n) is 6.35. The fourth-order valence-corrected chi connectivity index (χ4v) is 6.03. The number of hydrogen-bond donors (Lipinski definition) is 1. The third kappa shape index (κ3) is 6.29. The van der Waals surface area contributed by atoms with Crippen LogP contribution in [0, 0.1) is 13.8 Å². The van der Waals surface area contributed by atoms with E-state index >= 15 is 0 Å². The van der Waals surface area contributed by atoms with Gasteiger partial charge in [0, 0.05) is 11.4 Å². The summed E-state index contributed by atoms with van der Waals surface area (Å²) in [5.74, 6) is 1.22. The van der Waals surface area contributed by atoms with Gasteiger partial charge in [-0.1, -0.05) is 49.7 Å². The molecule has 0 amide bonds. The van der Waals surface area contributed by atoms with Crippen molar-refractivity contribution in [1.29, 1.82) is 0 Å². The Hall–Kier alpha value is -2.30. The van der Waals surface area contributed by atoms with E-state index in [0.717, 1.165) is 34.2 Å². The van der Waals surface area contributed by atoms with E-state index in [0.29, 0.717) is 29.5 Å². The average Bonchev–Trinajstić information content (AvgIpc) is 2.81. The molecule has 0 radical (unpaired) electrons. The Balaban J connectivity index is 1.44. The monoisotopic (exact) mass is 514 g/mol. The first-order valence-corrected chi connectivity index (χ1v) is 14.0. The van der Waals surface area contributed by atoms with Gasteiger partial charge in [-0.15, -0.1) is 0 Å². The molecule has 0 bridgehead atoms. The van der Waals surface area contributed by atoms with Crippen LogP contribution >= 0.6 is 19.2 Å². The lowest BCUT2D eigenvalue weighted by Gasteiger charge is -2.30. The Bertz CT molecular complexity index is 1220. The summed E-state index contributed by atoms with van der Waals surface area (Å²) in [6, 6.07) is 17.1. The summed E-state index contributed by atoms with van der Waals surface area (Å²) in [5.41, 5.74) is 6.39. The lowest BCUT2D eigenvalue weighted by Crippen LogP contribution is -2.17. The van der Waals surface area contributed by atoms with Crippen LogP contribution in [0.3, 0.4) is 0 Å². The van der Waals surface area contributed by atoms with Gasteiger partial charge in [0.25, 0.3) is 0 Å². The lowest BCUT2D eigenvalue weighted by atomic mass is 9.93. The molecule has 0 aromatic heterocycles. The van der Waals surface area contributed by atoms with Crippen LogP contribution in [0.25, 0.3) is 0 Å². The first kappa shape index (κ1) is 25.8. The van der Waals surface area contributed by atoms with Crippen LogP contribution in [-0.4, -0.2) is 18.1 Å². The number of hydrogen-bond acceptors (Lipinski definition) is 5. The zero-order valence-electron chi connectivity index (χ0n) is 20.6. The second-order valence-electron chi connectivity index (χ2n) is 9.41. The Kier molecular flexibility index (Phi) is 7.92. The molecule has 5 nitrogen and oxygen atoms in total. The minimum Gasteiger partial charge on any atom is -0.508 e. The number of aryl methyl sites for hydroxylation is 2. The van der Waals surface area contributed by atoms with Crippen LogP contribution in [0.2, 0.25) is 5.02 Å². The topological polar surface area (TPSA) is 65.0 Å². The number of ether oxygens (including phenoxy) is 1. The third-order valence-corrected chi connectivity index (χ3v) is 8.20. The maximum atomic E-state index is 13.2. The summed E-state index contributed by atoms with van der Waals surface area (Å²) in [5, 5.41) is 10.8. The largest absolute Gasteiger partial charge is 0.508 e. The molecule has 7 heteroatoms. The van der Waals surface area contributed by atoms with Crippen molar-refractivity contribution >= 4 is 19.2 Å². The Morgan fingerprint density at radius 3 is 2.43 bits per heavy atom. The van der Waals surface area contributed by atoms with Crippen molar-refractivity contribution in [2.45, 2.75) is 52.6 Å². The predicted octanol–water partition coefficient (Wildman–Crippen LogP) is 8.08. The van der Waals surface area contributed by atoms with E-state index in [2.05, 4.69) is 19.9 Å². The van der Waals surface area contributed by atoms with Crippen LogP contribution in [0.4, 0.5) is 0 Å². The number of aromatic hydroxyl groups is 1. The molecule has 0 spiro atoms. The van der Waals surface area contributed by atoms with E-state index in [1.807, 2.05) is 44.2 Å². The van der Waals surface area contributed by atoms with Crippen molar-refractivity contribution in [3.8, 4) is 11.5 Å². The van der Waals surface area contributed by atoms with Crippen molar-refractivity contribution in [3.05, 3.63) is 93.0 Å². The molecule has 3 aromatic rings. The highest BCUT2D eigenvalue weighted by atomic mass is 35.5. The lowest BCUT2D eigenvalue weighted by molar-refractivity contribution is 0.0725. The van der Waals surface area contributed by atoms with Crippen molar-refractivity contribution in [2.24, 2.45) is 0 Å². The molecule has 4 rings (SSSR count). The molecular weight excluding hydrogens is 483 g/mol. The van der Waals surface area contributed by atoms with Gasteiger partial charge in [0.15, 0.2) is 6.35 Å². The van der Waals surface area contributed by atoms with Gasteiger partial charge in [-0.25, -0.2) is 0 Å². The zero-order valence-corrected chi connectivity index (χ0v) is 22.2. The highest BCUT2D eigenvalue weighted by Crippen LogP contribution is 2.56. The molecule has 2 atom stereocenters. The fourth-order valence-electron chi connectivity index (χ4n) is 4.40. The molecule has 1 aliphatic rings. The quantitative estimate of drug-likeness (QED) is 0.323. The second kappa shape index (κ2) is 10.8.